The van der Waals surface area contributed by atoms with Gasteiger partial charge in [0.25, 0.3) is 0 Å². The van der Waals surface area contributed by atoms with E-state index >= 15 is 0 Å². The first kappa shape index (κ1) is 11.1. The van der Waals surface area contributed by atoms with E-state index in [4.69, 9.17) is 0 Å². The molecule has 2 heterocycles. The van der Waals surface area contributed by atoms with Crippen molar-refractivity contribution in [3.05, 3.63) is 20.8 Å². The van der Waals surface area contributed by atoms with Gasteiger partial charge in [0.05, 0.1) is 3.79 Å². The van der Waals surface area contributed by atoms with Gasteiger partial charge in [-0.15, -0.1) is 11.3 Å². The van der Waals surface area contributed by atoms with Gasteiger partial charge in [-0.25, -0.2) is 0 Å². The van der Waals surface area contributed by atoms with Crippen molar-refractivity contribution in [3.8, 4) is 0 Å². The molecule has 0 amide bonds. The van der Waals surface area contributed by atoms with Crippen LogP contribution in [0.4, 0.5) is 0 Å². The molecule has 0 spiro atoms. The van der Waals surface area contributed by atoms with Crippen molar-refractivity contribution in [2.24, 2.45) is 0 Å². The number of alkyl halides is 1. The molecule has 1 nitrogen and oxygen atoms in total. The molecular formula is C10H13Br2NS. The Hall–Kier alpha value is 0.620. The molecule has 0 atom stereocenters. The molecule has 1 saturated heterocycles. The lowest BCUT2D eigenvalue weighted by atomic mass is 10.1. The number of piperidine rings is 1. The summed E-state index contributed by atoms with van der Waals surface area (Å²) in [6, 6.07) is 4.35. The highest BCUT2D eigenvalue weighted by atomic mass is 79.9. The highest BCUT2D eigenvalue weighted by Crippen LogP contribution is 2.25. The first-order valence-electron chi connectivity index (χ1n) is 4.84. The molecule has 0 aromatic carbocycles. The molecule has 1 aromatic heterocycles. The Bertz CT molecular complexity index is 292. The number of halogens is 2. The Balaban J connectivity index is 1.86. The minimum Gasteiger partial charge on any atom is -0.298 e. The molecule has 2 rings (SSSR count). The van der Waals surface area contributed by atoms with Gasteiger partial charge < -0.3 is 0 Å². The van der Waals surface area contributed by atoms with Crippen LogP contribution in [0, 0.1) is 0 Å². The molecule has 0 saturated carbocycles. The van der Waals surface area contributed by atoms with Crippen molar-refractivity contribution in [3.63, 3.8) is 0 Å². The third-order valence-electron chi connectivity index (χ3n) is 2.53. The molecule has 1 aromatic rings. The molecule has 0 radical (unpaired) electrons. The van der Waals surface area contributed by atoms with Crippen LogP contribution in [0.2, 0.25) is 0 Å². The summed E-state index contributed by atoms with van der Waals surface area (Å²) in [6.45, 7) is 3.58. The van der Waals surface area contributed by atoms with Gasteiger partial charge in [0.15, 0.2) is 0 Å². The van der Waals surface area contributed by atoms with Crippen molar-refractivity contribution in [2.75, 3.05) is 13.1 Å². The van der Waals surface area contributed by atoms with Crippen LogP contribution < -0.4 is 0 Å². The Morgan fingerprint density at radius 1 is 1.36 bits per heavy atom. The van der Waals surface area contributed by atoms with Gasteiger partial charge >= 0.3 is 0 Å². The molecule has 0 aliphatic carbocycles. The van der Waals surface area contributed by atoms with E-state index < -0.39 is 0 Å². The molecule has 0 N–H and O–H groups in total. The van der Waals surface area contributed by atoms with Gasteiger partial charge in [0.1, 0.15) is 0 Å². The van der Waals surface area contributed by atoms with Crippen LogP contribution in [-0.4, -0.2) is 22.8 Å². The Morgan fingerprint density at radius 2 is 2.07 bits per heavy atom. The maximum atomic E-state index is 3.67. The second kappa shape index (κ2) is 5.10. The number of thiophene rings is 1. The van der Waals surface area contributed by atoms with Crippen molar-refractivity contribution >= 4 is 43.2 Å². The predicted octanol–water partition coefficient (Wildman–Crippen LogP) is 3.87. The van der Waals surface area contributed by atoms with E-state index in [0.29, 0.717) is 0 Å². The van der Waals surface area contributed by atoms with Crippen LogP contribution in [0.15, 0.2) is 15.9 Å². The zero-order valence-electron chi connectivity index (χ0n) is 7.88. The van der Waals surface area contributed by atoms with E-state index in [-0.39, 0.29) is 0 Å². The Kier molecular flexibility index (Phi) is 4.05. The maximum Gasteiger partial charge on any atom is 0.0701 e. The van der Waals surface area contributed by atoms with Gasteiger partial charge in [-0.3, -0.25) is 4.90 Å². The zero-order valence-corrected chi connectivity index (χ0v) is 11.9. The highest BCUT2D eigenvalue weighted by Gasteiger charge is 2.16. The number of likely N-dealkylation sites (tertiary alicyclic amines) is 1. The van der Waals surface area contributed by atoms with E-state index in [9.17, 15) is 0 Å². The minimum absolute atomic E-state index is 0.744. The second-order valence-electron chi connectivity index (χ2n) is 3.66. The van der Waals surface area contributed by atoms with E-state index in [1.807, 2.05) is 11.3 Å². The summed E-state index contributed by atoms with van der Waals surface area (Å²) < 4.78 is 1.24. The topological polar surface area (TPSA) is 3.24 Å². The van der Waals surface area contributed by atoms with Gasteiger partial charge in [-0.05, 0) is 54.0 Å². The Labute approximate surface area is 106 Å². The molecule has 4 heteroatoms. The molecule has 1 fully saturated rings. The van der Waals surface area contributed by atoms with E-state index in [2.05, 4.69) is 48.9 Å². The van der Waals surface area contributed by atoms with Gasteiger partial charge in [-0.1, -0.05) is 15.9 Å². The number of rotatable bonds is 2. The molecule has 0 bridgehead atoms. The van der Waals surface area contributed by atoms with Gasteiger partial charge in [-0.2, -0.15) is 0 Å². The van der Waals surface area contributed by atoms with E-state index in [0.717, 1.165) is 11.4 Å². The highest BCUT2D eigenvalue weighted by molar-refractivity contribution is 9.11. The monoisotopic (exact) mass is 337 g/mol. The predicted molar refractivity (Wildman–Crippen MR) is 69.2 cm³/mol. The average Bonchev–Trinajstić information content (AvgIpc) is 2.56. The van der Waals surface area contributed by atoms with Crippen molar-refractivity contribution < 1.29 is 0 Å². The standard InChI is InChI=1S/C10H13Br2NS/c11-8-3-5-13(6-4-8)7-9-1-2-10(12)14-9/h1-2,8H,3-7H2. The fourth-order valence-electron chi connectivity index (χ4n) is 1.72. The van der Waals surface area contributed by atoms with Crippen LogP contribution in [0.25, 0.3) is 0 Å². The lowest BCUT2D eigenvalue weighted by molar-refractivity contribution is 0.228. The molecule has 14 heavy (non-hydrogen) atoms. The third-order valence-corrected chi connectivity index (χ3v) is 5.05. The summed E-state index contributed by atoms with van der Waals surface area (Å²) in [4.78, 5) is 4.74. The summed E-state index contributed by atoms with van der Waals surface area (Å²) in [7, 11) is 0. The Morgan fingerprint density at radius 3 is 2.64 bits per heavy atom. The molecular weight excluding hydrogens is 326 g/mol. The first-order chi connectivity index (χ1) is 6.74. The lowest BCUT2D eigenvalue weighted by Crippen LogP contribution is -2.33. The van der Waals surface area contributed by atoms with Crippen molar-refractivity contribution in [1.29, 1.82) is 0 Å². The fraction of sp³-hybridized carbons (Fsp3) is 0.600. The van der Waals surface area contributed by atoms with E-state index in [1.54, 1.807) is 0 Å². The normalized spacial score (nSPS) is 20.1. The van der Waals surface area contributed by atoms with Crippen LogP contribution in [0.3, 0.4) is 0 Å². The molecule has 78 valence electrons. The summed E-state index contributed by atoms with van der Waals surface area (Å²) in [5, 5.41) is 0. The smallest absolute Gasteiger partial charge is 0.0701 e. The van der Waals surface area contributed by atoms with Crippen LogP contribution in [0.1, 0.15) is 17.7 Å². The third kappa shape index (κ3) is 3.05. The summed E-state index contributed by atoms with van der Waals surface area (Å²) in [5.41, 5.74) is 0. The minimum atomic E-state index is 0.744. The molecule has 1 aliphatic rings. The average molecular weight is 339 g/mol. The van der Waals surface area contributed by atoms with Crippen LogP contribution in [0.5, 0.6) is 0 Å². The molecule has 0 unspecified atom stereocenters. The van der Waals surface area contributed by atoms with Crippen LogP contribution >= 0.6 is 43.2 Å². The number of hydrogen-bond acceptors (Lipinski definition) is 2. The van der Waals surface area contributed by atoms with E-state index in [1.165, 1.54) is 34.6 Å². The number of hydrogen-bond donors (Lipinski definition) is 0. The first-order valence-corrected chi connectivity index (χ1v) is 7.37. The second-order valence-corrected chi connectivity index (χ2v) is 7.50. The lowest BCUT2D eigenvalue weighted by Gasteiger charge is -2.28. The van der Waals surface area contributed by atoms with Crippen molar-refractivity contribution in [1.82, 2.24) is 4.90 Å². The zero-order chi connectivity index (χ0) is 9.97. The number of nitrogens with zero attached hydrogens (tertiary/aromatic N) is 1. The quantitative estimate of drug-likeness (QED) is 0.740. The SMILES string of the molecule is Brc1ccc(CN2CCC(Br)CC2)s1. The van der Waals surface area contributed by atoms with Crippen molar-refractivity contribution in [2.45, 2.75) is 24.2 Å². The largest absolute Gasteiger partial charge is 0.298 e. The van der Waals surface area contributed by atoms with Crippen LogP contribution in [-0.2, 0) is 6.54 Å². The maximum absolute atomic E-state index is 3.67. The fourth-order valence-corrected chi connectivity index (χ4v) is 3.65. The van der Waals surface area contributed by atoms with Gasteiger partial charge in [0, 0.05) is 16.2 Å². The molecule has 1 aliphatic heterocycles. The summed E-state index contributed by atoms with van der Waals surface area (Å²) >= 11 is 9.02. The summed E-state index contributed by atoms with van der Waals surface area (Å²) in [6.07, 6.45) is 2.57. The summed E-state index contributed by atoms with van der Waals surface area (Å²) in [5.74, 6) is 0. The van der Waals surface area contributed by atoms with Gasteiger partial charge in [0.2, 0.25) is 0 Å².